The number of hydrogen-bond donors (Lipinski definition) is 8. The second-order valence-electron chi connectivity index (χ2n) is 18.8. The Labute approximate surface area is 356 Å². The Morgan fingerprint density at radius 1 is 1.05 bits per heavy atom. The minimum absolute atomic E-state index is 0.0324. The second kappa shape index (κ2) is 19.5. The average Bonchev–Trinajstić information content (AvgIpc) is 3.21. The summed E-state index contributed by atoms with van der Waals surface area (Å²) in [6.45, 7) is 5.27. The highest BCUT2D eigenvalue weighted by molar-refractivity contribution is 5.79. The number of hydrogen-bond acceptors (Lipinski definition) is 12. The van der Waals surface area contributed by atoms with Gasteiger partial charge in [-0.25, -0.2) is 0 Å². The van der Waals surface area contributed by atoms with Gasteiger partial charge in [-0.3, -0.25) is 9.79 Å². The average molecular weight is 828 g/mol. The number of aliphatic imine (C=N–C) groups is 1. The lowest BCUT2D eigenvalue weighted by molar-refractivity contribution is -0.152. The number of carbonyl (C=O) groups excluding carboxylic acids is 1. The fourth-order valence-electron chi connectivity index (χ4n) is 10.9. The SMILES string of the molecule is CC(=O)OC1CC(O)CCC2(C(C)O)C#CC3CCCC4(CNCCc5cccc(c5)CC5(CCCCC5)NC(N)=NC2)CC(CCN4)Oc2cc(c(CO)cc2O)CC31. The molecule has 8 bridgehead atoms. The Morgan fingerprint density at radius 3 is 2.63 bits per heavy atom. The molecule has 2 fully saturated rings. The van der Waals surface area contributed by atoms with Crippen LogP contribution in [0.15, 0.2) is 41.4 Å². The normalized spacial score (nSPS) is 31.9. The van der Waals surface area contributed by atoms with E-state index in [9.17, 15) is 25.2 Å². The molecule has 1 saturated heterocycles. The Morgan fingerprint density at radius 2 is 1.85 bits per heavy atom. The van der Waals surface area contributed by atoms with E-state index in [1.807, 2.05) is 6.07 Å². The summed E-state index contributed by atoms with van der Waals surface area (Å²) in [4.78, 5) is 17.8. The van der Waals surface area contributed by atoms with Crippen molar-refractivity contribution in [1.82, 2.24) is 16.0 Å². The molecule has 2 aromatic carbocycles. The van der Waals surface area contributed by atoms with Gasteiger partial charge in [-0.05, 0) is 119 Å². The topological polar surface area (TPSA) is 191 Å². The first-order valence-electron chi connectivity index (χ1n) is 22.7. The first-order chi connectivity index (χ1) is 28.9. The number of guanidine groups is 1. The van der Waals surface area contributed by atoms with Crippen LogP contribution in [-0.2, 0) is 35.4 Å². The number of rotatable bonds is 3. The van der Waals surface area contributed by atoms with Crippen molar-refractivity contribution in [3.8, 4) is 23.3 Å². The molecule has 0 radical (unpaired) electrons. The van der Waals surface area contributed by atoms with Crippen LogP contribution in [0.1, 0.15) is 120 Å². The highest BCUT2D eigenvalue weighted by Crippen LogP contribution is 2.41. The minimum Gasteiger partial charge on any atom is -0.504 e. The molecule has 8 atom stereocenters. The first-order valence-corrected chi connectivity index (χ1v) is 22.7. The minimum atomic E-state index is -1.01. The van der Waals surface area contributed by atoms with E-state index in [1.54, 1.807) is 13.0 Å². The molecule has 3 heterocycles. The third-order valence-corrected chi connectivity index (χ3v) is 14.3. The van der Waals surface area contributed by atoms with E-state index in [0.717, 1.165) is 89.4 Å². The number of benzene rings is 2. The molecule has 5 aliphatic rings. The monoisotopic (exact) mass is 828 g/mol. The molecule has 7 rings (SSSR count). The standard InChI is InChI=1S/C48H69N5O7/c1-32(55)46-18-11-36-10-7-17-48(31-50-20-13-34-8-6-9-35(22-34)27-47(15-4-3-5-16-47)53-45(49)51-30-46)28-40(14-21-52-48)60-44-25-37(38(29-54)24-42(44)58)23-41(36)43(59-33(2)56)26-39(57)12-19-46/h6,8-9,22,24-25,32,36,39-41,43,50,52,54-55,57-58H,3-5,7,10,12-17,19-21,23,26-31H2,1-2H3,(H3,49,51,53). The summed E-state index contributed by atoms with van der Waals surface area (Å²) in [6.07, 6.45) is 9.48. The first kappa shape index (κ1) is 44.2. The number of aromatic hydroxyl groups is 1. The molecule has 9 N–H and O–H groups in total. The predicted molar refractivity (Wildman–Crippen MR) is 232 cm³/mol. The molecule has 60 heavy (non-hydrogen) atoms. The van der Waals surface area contributed by atoms with Gasteiger partial charge in [0, 0.05) is 49.2 Å². The zero-order valence-electron chi connectivity index (χ0n) is 35.8. The van der Waals surface area contributed by atoms with Crippen LogP contribution >= 0.6 is 0 Å². The fourth-order valence-corrected chi connectivity index (χ4v) is 10.9. The van der Waals surface area contributed by atoms with Crippen molar-refractivity contribution in [2.75, 3.05) is 26.2 Å². The summed E-state index contributed by atoms with van der Waals surface area (Å²) in [5.74, 6) is 6.74. The fraction of sp³-hybridized carbons (Fsp3) is 0.667. The van der Waals surface area contributed by atoms with E-state index >= 15 is 0 Å². The molecule has 1 saturated carbocycles. The van der Waals surface area contributed by atoms with Crippen molar-refractivity contribution in [3.05, 3.63) is 58.7 Å². The number of nitrogens with two attached hydrogens (primary N) is 1. The van der Waals surface area contributed by atoms with Crippen LogP contribution in [0.3, 0.4) is 0 Å². The number of ether oxygens (including phenoxy) is 2. The van der Waals surface area contributed by atoms with E-state index in [1.165, 1.54) is 24.5 Å². The van der Waals surface area contributed by atoms with Crippen LogP contribution in [-0.4, -0.2) is 94.0 Å². The number of nitrogens with one attached hydrogen (secondary N) is 3. The maximum absolute atomic E-state index is 12.8. The summed E-state index contributed by atoms with van der Waals surface area (Å²) in [5.41, 5.74) is 9.11. The van der Waals surface area contributed by atoms with Gasteiger partial charge < -0.3 is 51.6 Å². The third kappa shape index (κ3) is 10.8. The zero-order valence-corrected chi connectivity index (χ0v) is 35.8. The molecule has 0 amide bonds. The summed E-state index contributed by atoms with van der Waals surface area (Å²) in [5, 5.41) is 56.6. The van der Waals surface area contributed by atoms with Crippen LogP contribution in [0.25, 0.3) is 0 Å². The van der Waals surface area contributed by atoms with E-state index in [2.05, 4.69) is 52.1 Å². The summed E-state index contributed by atoms with van der Waals surface area (Å²) >= 11 is 0. The van der Waals surface area contributed by atoms with Crippen molar-refractivity contribution in [1.29, 1.82) is 0 Å². The number of phenolic OH excluding ortho intramolecular Hbond substituents is 1. The quantitative estimate of drug-likeness (QED) is 0.160. The largest absolute Gasteiger partial charge is 0.504 e. The van der Waals surface area contributed by atoms with Crippen molar-refractivity contribution >= 4 is 11.9 Å². The maximum atomic E-state index is 12.8. The molecular formula is C48H69N5O7. The van der Waals surface area contributed by atoms with Gasteiger partial charge in [-0.15, -0.1) is 0 Å². The van der Waals surface area contributed by atoms with Gasteiger partial charge in [0.15, 0.2) is 17.5 Å². The molecule has 8 unspecified atom stereocenters. The Hall–Kier alpha value is -3.86. The van der Waals surface area contributed by atoms with Crippen LogP contribution in [0.4, 0.5) is 0 Å². The van der Waals surface area contributed by atoms with Gasteiger partial charge in [0.2, 0.25) is 0 Å². The molecule has 12 nitrogen and oxygen atoms in total. The third-order valence-electron chi connectivity index (χ3n) is 14.3. The Balaban J connectivity index is 1.36. The van der Waals surface area contributed by atoms with Crippen molar-refractivity contribution in [2.45, 2.75) is 159 Å². The summed E-state index contributed by atoms with van der Waals surface area (Å²) in [7, 11) is 0. The van der Waals surface area contributed by atoms with Crippen LogP contribution in [0.5, 0.6) is 11.5 Å². The summed E-state index contributed by atoms with van der Waals surface area (Å²) < 4.78 is 12.8. The van der Waals surface area contributed by atoms with E-state index < -0.39 is 35.6 Å². The Bertz CT molecular complexity index is 1890. The number of carbonyl (C=O) groups is 1. The molecule has 2 spiro atoms. The molecule has 0 aromatic heterocycles. The van der Waals surface area contributed by atoms with Crippen LogP contribution < -0.4 is 26.4 Å². The van der Waals surface area contributed by atoms with E-state index in [4.69, 9.17) is 20.2 Å². The molecule has 3 aliphatic heterocycles. The lowest BCUT2D eigenvalue weighted by atomic mass is 9.72. The van der Waals surface area contributed by atoms with Crippen molar-refractivity contribution in [2.24, 2.45) is 28.0 Å². The highest BCUT2D eigenvalue weighted by Gasteiger charge is 2.42. The molecule has 12 heteroatoms. The van der Waals surface area contributed by atoms with E-state index in [0.29, 0.717) is 43.0 Å². The smallest absolute Gasteiger partial charge is 0.302 e. The number of nitrogens with zero attached hydrogens (tertiary/aromatic N) is 1. The lowest BCUT2D eigenvalue weighted by Gasteiger charge is -2.43. The number of aliphatic hydroxyl groups is 3. The van der Waals surface area contributed by atoms with Crippen LogP contribution in [0.2, 0.25) is 0 Å². The second-order valence-corrected chi connectivity index (χ2v) is 18.8. The number of phenols is 1. The number of piperidine rings is 1. The van der Waals surface area contributed by atoms with Crippen molar-refractivity contribution < 1.29 is 34.7 Å². The van der Waals surface area contributed by atoms with Crippen LogP contribution in [0, 0.1) is 29.1 Å². The number of fused-ring (bicyclic) bond motifs is 8. The van der Waals surface area contributed by atoms with Gasteiger partial charge in [-0.1, -0.05) is 61.8 Å². The number of esters is 1. The highest BCUT2D eigenvalue weighted by atomic mass is 16.5. The number of aliphatic hydroxyl groups excluding tert-OH is 3. The predicted octanol–water partition coefficient (Wildman–Crippen LogP) is 4.56. The molecule has 2 aromatic rings. The molecule has 2 aliphatic carbocycles. The molecular weight excluding hydrogens is 759 g/mol. The summed E-state index contributed by atoms with van der Waals surface area (Å²) in [6, 6.07) is 12.3. The zero-order chi connectivity index (χ0) is 42.3. The van der Waals surface area contributed by atoms with Gasteiger partial charge >= 0.3 is 5.97 Å². The van der Waals surface area contributed by atoms with E-state index in [-0.39, 0.29) is 48.4 Å². The van der Waals surface area contributed by atoms with Gasteiger partial charge in [-0.2, -0.15) is 0 Å². The van der Waals surface area contributed by atoms with Gasteiger partial charge in [0.25, 0.3) is 0 Å². The lowest BCUT2D eigenvalue weighted by Crippen LogP contribution is -2.59. The maximum Gasteiger partial charge on any atom is 0.302 e. The van der Waals surface area contributed by atoms with Gasteiger partial charge in [0.05, 0.1) is 30.8 Å². The van der Waals surface area contributed by atoms with Crippen molar-refractivity contribution in [3.63, 3.8) is 0 Å². The Kier molecular flexibility index (Phi) is 14.3. The van der Waals surface area contributed by atoms with Gasteiger partial charge in [0.1, 0.15) is 12.2 Å². The molecule has 328 valence electrons.